The van der Waals surface area contributed by atoms with Crippen LogP contribution in [0.3, 0.4) is 0 Å². The second kappa shape index (κ2) is 8.33. The number of rotatable bonds is 4. The van der Waals surface area contributed by atoms with Crippen molar-refractivity contribution in [3.05, 3.63) is 64.7 Å². The maximum Gasteiger partial charge on any atom is 0.308 e. The van der Waals surface area contributed by atoms with Crippen molar-refractivity contribution < 1.29 is 14.3 Å². The predicted molar refractivity (Wildman–Crippen MR) is 94.1 cm³/mol. The van der Waals surface area contributed by atoms with Crippen molar-refractivity contribution in [1.29, 1.82) is 0 Å². The van der Waals surface area contributed by atoms with Gasteiger partial charge in [0.15, 0.2) is 0 Å². The Hall–Kier alpha value is -2.57. The summed E-state index contributed by atoms with van der Waals surface area (Å²) in [5, 5.41) is 0.640. The van der Waals surface area contributed by atoms with Gasteiger partial charge in [-0.25, -0.2) is 0 Å². The fraction of sp³-hybridized carbons (Fsp3) is 0.200. The molecule has 0 fully saturated rings. The largest absolute Gasteiger partial charge is 0.426 e. The maximum atomic E-state index is 11.6. The van der Waals surface area contributed by atoms with Crippen molar-refractivity contribution in [2.24, 2.45) is 0 Å². The van der Waals surface area contributed by atoms with Gasteiger partial charge in [-0.1, -0.05) is 41.6 Å². The Labute approximate surface area is 146 Å². The van der Waals surface area contributed by atoms with Crippen molar-refractivity contribution in [1.82, 2.24) is 0 Å². The number of ketones is 1. The van der Waals surface area contributed by atoms with Gasteiger partial charge in [0.25, 0.3) is 0 Å². The van der Waals surface area contributed by atoms with Gasteiger partial charge in [-0.2, -0.15) is 0 Å². The second-order valence-electron chi connectivity index (χ2n) is 5.37. The SMILES string of the molecule is CC(=O)CC(C#Cc1ccc(Cl)cc1)c1ccccc1OC(C)=O. The van der Waals surface area contributed by atoms with Gasteiger partial charge in [0.1, 0.15) is 11.5 Å². The summed E-state index contributed by atoms with van der Waals surface area (Å²) in [7, 11) is 0. The second-order valence-corrected chi connectivity index (χ2v) is 5.80. The van der Waals surface area contributed by atoms with E-state index in [1.54, 1.807) is 24.3 Å². The molecule has 4 heteroatoms. The zero-order chi connectivity index (χ0) is 17.5. The first-order chi connectivity index (χ1) is 11.5. The van der Waals surface area contributed by atoms with Crippen LogP contribution in [0.2, 0.25) is 5.02 Å². The molecule has 0 N–H and O–H groups in total. The fourth-order valence-corrected chi connectivity index (χ4v) is 2.37. The molecule has 0 bridgehead atoms. The normalized spacial score (nSPS) is 11.1. The molecule has 0 saturated heterocycles. The summed E-state index contributed by atoms with van der Waals surface area (Å²) in [6.07, 6.45) is 0.249. The summed E-state index contributed by atoms with van der Waals surface area (Å²) in [5.41, 5.74) is 1.53. The van der Waals surface area contributed by atoms with Crippen LogP contribution in [0.25, 0.3) is 0 Å². The van der Waals surface area contributed by atoms with Gasteiger partial charge < -0.3 is 4.74 Å². The van der Waals surface area contributed by atoms with Gasteiger partial charge in [-0.3, -0.25) is 9.59 Å². The summed E-state index contributed by atoms with van der Waals surface area (Å²) in [5.74, 6) is 5.85. The molecule has 2 aromatic rings. The number of halogens is 1. The van der Waals surface area contributed by atoms with Crippen LogP contribution in [0.5, 0.6) is 5.75 Å². The monoisotopic (exact) mass is 340 g/mol. The summed E-state index contributed by atoms with van der Waals surface area (Å²) >= 11 is 5.87. The van der Waals surface area contributed by atoms with E-state index in [0.29, 0.717) is 10.8 Å². The first-order valence-electron chi connectivity index (χ1n) is 7.49. The number of para-hydroxylation sites is 1. The molecule has 122 valence electrons. The molecule has 0 aliphatic carbocycles. The van der Waals surface area contributed by atoms with Crippen LogP contribution in [0.4, 0.5) is 0 Å². The third-order valence-corrected chi connectivity index (χ3v) is 3.53. The van der Waals surface area contributed by atoms with E-state index in [4.69, 9.17) is 16.3 Å². The minimum absolute atomic E-state index is 0.0167. The lowest BCUT2D eigenvalue weighted by atomic mass is 9.93. The summed E-state index contributed by atoms with van der Waals surface area (Å²) < 4.78 is 5.24. The number of Topliss-reactive ketones (excluding diaryl/α,β-unsaturated/α-hetero) is 1. The quantitative estimate of drug-likeness (QED) is 0.471. The molecule has 0 saturated carbocycles. The molecule has 2 aromatic carbocycles. The fourth-order valence-electron chi connectivity index (χ4n) is 2.25. The average Bonchev–Trinajstić information content (AvgIpc) is 2.53. The molecule has 0 heterocycles. The van der Waals surface area contributed by atoms with Crippen LogP contribution < -0.4 is 4.74 Å². The molecule has 0 aliphatic heterocycles. The van der Waals surface area contributed by atoms with Crippen LogP contribution in [-0.2, 0) is 9.59 Å². The lowest BCUT2D eigenvalue weighted by Crippen LogP contribution is -2.08. The van der Waals surface area contributed by atoms with Crippen LogP contribution in [0, 0.1) is 11.8 Å². The molecule has 0 aliphatic rings. The van der Waals surface area contributed by atoms with Crippen LogP contribution >= 0.6 is 11.6 Å². The standard InChI is InChI=1S/C20H17ClO3/c1-14(22)13-17(10-7-16-8-11-18(21)12-9-16)19-5-3-4-6-20(19)24-15(2)23/h3-6,8-9,11-12,17H,13H2,1-2H3. The number of ether oxygens (including phenoxy) is 1. The van der Waals surface area contributed by atoms with E-state index < -0.39 is 5.97 Å². The van der Waals surface area contributed by atoms with E-state index in [0.717, 1.165) is 11.1 Å². The molecular weight excluding hydrogens is 324 g/mol. The van der Waals surface area contributed by atoms with Gasteiger partial charge in [-0.15, -0.1) is 0 Å². The van der Waals surface area contributed by atoms with Gasteiger partial charge in [0.2, 0.25) is 0 Å². The zero-order valence-corrected chi connectivity index (χ0v) is 14.3. The van der Waals surface area contributed by atoms with Gasteiger partial charge in [0.05, 0.1) is 5.92 Å². The molecule has 1 unspecified atom stereocenters. The van der Waals surface area contributed by atoms with Crippen molar-refractivity contribution in [3.8, 4) is 17.6 Å². The molecule has 0 spiro atoms. The lowest BCUT2D eigenvalue weighted by molar-refractivity contribution is -0.131. The average molecular weight is 341 g/mol. The molecule has 2 rings (SSSR count). The number of carbonyl (C=O) groups is 2. The summed E-state index contributed by atoms with van der Waals surface area (Å²) in [4.78, 5) is 22.9. The molecule has 24 heavy (non-hydrogen) atoms. The molecular formula is C20H17ClO3. The van der Waals surface area contributed by atoms with Gasteiger partial charge >= 0.3 is 5.97 Å². The third kappa shape index (κ3) is 5.26. The highest BCUT2D eigenvalue weighted by atomic mass is 35.5. The lowest BCUT2D eigenvalue weighted by Gasteiger charge is -2.14. The van der Waals surface area contributed by atoms with E-state index in [-0.39, 0.29) is 18.1 Å². The number of benzene rings is 2. The minimum Gasteiger partial charge on any atom is -0.426 e. The zero-order valence-electron chi connectivity index (χ0n) is 13.5. The van der Waals surface area contributed by atoms with Crippen molar-refractivity contribution in [3.63, 3.8) is 0 Å². The molecule has 3 nitrogen and oxygen atoms in total. The van der Waals surface area contributed by atoms with Gasteiger partial charge in [0, 0.05) is 29.5 Å². The smallest absolute Gasteiger partial charge is 0.308 e. The van der Waals surface area contributed by atoms with Crippen LogP contribution in [0.15, 0.2) is 48.5 Å². The van der Waals surface area contributed by atoms with Crippen molar-refractivity contribution in [2.45, 2.75) is 26.2 Å². The van der Waals surface area contributed by atoms with Gasteiger partial charge in [-0.05, 0) is 37.3 Å². The van der Waals surface area contributed by atoms with E-state index in [9.17, 15) is 9.59 Å². The summed E-state index contributed by atoms with van der Waals surface area (Å²) in [6.45, 7) is 2.86. The number of esters is 1. The van der Waals surface area contributed by atoms with E-state index >= 15 is 0 Å². The summed E-state index contributed by atoms with van der Waals surface area (Å²) in [6, 6.07) is 14.3. The third-order valence-electron chi connectivity index (χ3n) is 3.27. The highest BCUT2D eigenvalue weighted by molar-refractivity contribution is 6.30. The van der Waals surface area contributed by atoms with Crippen LogP contribution in [-0.4, -0.2) is 11.8 Å². The molecule has 0 aromatic heterocycles. The minimum atomic E-state index is -0.408. The Morgan fingerprint density at radius 2 is 1.75 bits per heavy atom. The van der Waals surface area contributed by atoms with Crippen molar-refractivity contribution >= 4 is 23.4 Å². The number of hydrogen-bond acceptors (Lipinski definition) is 3. The van der Waals surface area contributed by atoms with E-state index in [2.05, 4.69) is 11.8 Å². The topological polar surface area (TPSA) is 43.4 Å². The van der Waals surface area contributed by atoms with Crippen LogP contribution in [0.1, 0.15) is 37.3 Å². The Kier molecular flexibility index (Phi) is 6.17. The number of carbonyl (C=O) groups excluding carboxylic acids is 2. The highest BCUT2D eigenvalue weighted by Gasteiger charge is 2.17. The first-order valence-corrected chi connectivity index (χ1v) is 7.87. The molecule has 0 radical (unpaired) electrons. The maximum absolute atomic E-state index is 11.6. The number of hydrogen-bond donors (Lipinski definition) is 0. The Morgan fingerprint density at radius 1 is 1.08 bits per heavy atom. The Morgan fingerprint density at radius 3 is 2.38 bits per heavy atom. The Bertz CT molecular complexity index is 798. The predicted octanol–water partition coefficient (Wildman–Crippen LogP) is 4.38. The highest BCUT2D eigenvalue weighted by Crippen LogP contribution is 2.29. The molecule has 0 amide bonds. The van der Waals surface area contributed by atoms with Crippen molar-refractivity contribution in [2.75, 3.05) is 0 Å². The first kappa shape index (κ1) is 17.8. The Balaban J connectivity index is 2.38. The van der Waals surface area contributed by atoms with E-state index in [1.807, 2.05) is 24.3 Å². The molecule has 1 atom stereocenters. The van der Waals surface area contributed by atoms with E-state index in [1.165, 1.54) is 13.8 Å².